The fourth-order valence-electron chi connectivity index (χ4n) is 3.11. The molecule has 0 unspecified atom stereocenters. The molecule has 0 bridgehead atoms. The quantitative estimate of drug-likeness (QED) is 0.291. The Labute approximate surface area is 198 Å². The predicted octanol–water partition coefficient (Wildman–Crippen LogP) is 5.51. The third kappa shape index (κ3) is 5.21. The predicted molar refractivity (Wildman–Crippen MR) is 122 cm³/mol. The minimum Gasteiger partial charge on any atom is -0.487 e. The zero-order valence-corrected chi connectivity index (χ0v) is 18.4. The van der Waals surface area contributed by atoms with Crippen molar-refractivity contribution < 1.29 is 18.0 Å². The summed E-state index contributed by atoms with van der Waals surface area (Å²) in [6, 6.07) is 11.8. The van der Waals surface area contributed by atoms with Crippen LogP contribution in [0.25, 0.3) is 23.6 Å². The largest absolute Gasteiger partial charge is 0.487 e. The van der Waals surface area contributed by atoms with Crippen LogP contribution in [-0.4, -0.2) is 25.0 Å². The molecule has 0 spiro atoms. The van der Waals surface area contributed by atoms with Crippen molar-refractivity contribution in [2.75, 3.05) is 0 Å². The smallest absolute Gasteiger partial charge is 0.226 e. The van der Waals surface area contributed by atoms with Crippen LogP contribution in [0.1, 0.15) is 22.8 Å². The fourth-order valence-corrected chi connectivity index (χ4v) is 3.27. The summed E-state index contributed by atoms with van der Waals surface area (Å²) in [4.78, 5) is 8.80. The number of benzene rings is 2. The molecule has 0 aliphatic rings. The van der Waals surface area contributed by atoms with E-state index in [4.69, 9.17) is 25.2 Å². The van der Waals surface area contributed by atoms with E-state index in [0.717, 1.165) is 11.3 Å². The first kappa shape index (κ1) is 21.6. The van der Waals surface area contributed by atoms with Gasteiger partial charge in [0.15, 0.2) is 0 Å². The van der Waals surface area contributed by atoms with E-state index in [-0.39, 0.29) is 6.61 Å². The van der Waals surface area contributed by atoms with Crippen LogP contribution in [-0.2, 0) is 13.2 Å². The topological polar surface area (TPSA) is 92.0 Å². The molecule has 0 aliphatic carbocycles. The summed E-state index contributed by atoms with van der Waals surface area (Å²) in [5, 5.41) is 8.03. The normalized spacial score (nSPS) is 11.4. The number of halogens is 2. The maximum atomic E-state index is 13.9. The van der Waals surface area contributed by atoms with Crippen LogP contribution < -0.4 is 4.74 Å². The summed E-state index contributed by atoms with van der Waals surface area (Å²) >= 11 is 5.77. The summed E-state index contributed by atoms with van der Waals surface area (Å²) in [7, 11) is 0. The van der Waals surface area contributed by atoms with Gasteiger partial charge in [0.05, 0.1) is 12.7 Å². The molecule has 34 heavy (non-hydrogen) atoms. The van der Waals surface area contributed by atoms with Gasteiger partial charge in [-0.25, -0.2) is 19.0 Å². The van der Waals surface area contributed by atoms with E-state index < -0.39 is 5.82 Å². The molecule has 5 aromatic rings. The second kappa shape index (κ2) is 9.72. The summed E-state index contributed by atoms with van der Waals surface area (Å²) in [6.45, 7) is 0.696. The van der Waals surface area contributed by atoms with Crippen molar-refractivity contribution in [3.63, 3.8) is 0 Å². The minimum atomic E-state index is -0.418. The van der Waals surface area contributed by atoms with Gasteiger partial charge in [0.2, 0.25) is 11.8 Å². The zero-order valence-electron chi connectivity index (χ0n) is 17.6. The summed E-state index contributed by atoms with van der Waals surface area (Å²) in [5.41, 5.74) is 2.55. The molecule has 0 fully saturated rings. The first-order valence-electron chi connectivity index (χ1n) is 10.2. The lowest BCUT2D eigenvalue weighted by molar-refractivity contribution is 0.301. The van der Waals surface area contributed by atoms with E-state index in [1.54, 1.807) is 47.6 Å². The first-order chi connectivity index (χ1) is 16.6. The molecule has 0 aliphatic heterocycles. The maximum Gasteiger partial charge on any atom is 0.226 e. The molecule has 0 radical (unpaired) electrons. The molecular weight excluding hydrogens is 461 g/mol. The standard InChI is InChI=1S/C24H17ClFN5O3/c25-18-5-1-16(22(26)11-18)4-8-23-28-20(15-33-23)14-32-21-6-2-17(3-7-21)24-29-19(13-34-24)12-31-10-9-27-30-31/h1-11,13,15H,12,14H2/b8-4+. The molecule has 8 nitrogen and oxygen atoms in total. The molecule has 2 aromatic carbocycles. The Kier molecular flexibility index (Phi) is 6.17. The number of hydrogen-bond acceptors (Lipinski definition) is 7. The highest BCUT2D eigenvalue weighted by Crippen LogP contribution is 2.23. The molecule has 170 valence electrons. The van der Waals surface area contributed by atoms with Crippen molar-refractivity contribution in [2.45, 2.75) is 13.2 Å². The minimum absolute atomic E-state index is 0.215. The van der Waals surface area contributed by atoms with Crippen molar-refractivity contribution >= 4 is 23.8 Å². The van der Waals surface area contributed by atoms with Crippen LogP contribution in [0.5, 0.6) is 5.75 Å². The van der Waals surface area contributed by atoms with Gasteiger partial charge in [0.25, 0.3) is 0 Å². The average Bonchev–Trinajstić information content (AvgIpc) is 3.61. The van der Waals surface area contributed by atoms with E-state index in [1.807, 2.05) is 24.3 Å². The van der Waals surface area contributed by atoms with Gasteiger partial charge in [-0.05, 0) is 42.5 Å². The molecule has 0 atom stereocenters. The molecule has 0 saturated heterocycles. The van der Waals surface area contributed by atoms with E-state index >= 15 is 0 Å². The van der Waals surface area contributed by atoms with E-state index in [9.17, 15) is 4.39 Å². The number of nitrogens with zero attached hydrogens (tertiary/aromatic N) is 5. The summed E-state index contributed by atoms with van der Waals surface area (Å²) in [5.74, 6) is 1.08. The van der Waals surface area contributed by atoms with Crippen LogP contribution >= 0.6 is 11.6 Å². The SMILES string of the molecule is Fc1cc(Cl)ccc1/C=C/c1nc(COc2ccc(-c3nc(Cn4ccnn4)co3)cc2)co1. The number of hydrogen-bond donors (Lipinski definition) is 0. The Morgan fingerprint density at radius 3 is 2.65 bits per heavy atom. The zero-order chi connectivity index (χ0) is 23.3. The molecule has 0 N–H and O–H groups in total. The van der Waals surface area contributed by atoms with Gasteiger partial charge >= 0.3 is 0 Å². The second-order valence-electron chi connectivity index (χ2n) is 7.23. The lowest BCUT2D eigenvalue weighted by atomic mass is 10.2. The van der Waals surface area contributed by atoms with Crippen molar-refractivity contribution in [2.24, 2.45) is 0 Å². The summed E-state index contributed by atoms with van der Waals surface area (Å²) < 4.78 is 32.3. The molecule has 3 aromatic heterocycles. The van der Waals surface area contributed by atoms with Crippen molar-refractivity contribution in [3.05, 3.63) is 101 Å². The van der Waals surface area contributed by atoms with Gasteiger partial charge < -0.3 is 13.6 Å². The lowest BCUT2D eigenvalue weighted by Gasteiger charge is -2.04. The number of oxazole rings is 2. The highest BCUT2D eigenvalue weighted by molar-refractivity contribution is 6.30. The second-order valence-corrected chi connectivity index (χ2v) is 7.67. The molecular formula is C24H17ClFN5O3. The summed E-state index contributed by atoms with van der Waals surface area (Å²) in [6.07, 6.45) is 9.61. The number of ether oxygens (including phenoxy) is 1. The van der Waals surface area contributed by atoms with Crippen LogP contribution in [0.3, 0.4) is 0 Å². The van der Waals surface area contributed by atoms with Crippen LogP contribution in [0.15, 0.2) is 76.2 Å². The average molecular weight is 478 g/mol. The van der Waals surface area contributed by atoms with Gasteiger partial charge in [0, 0.05) is 28.4 Å². The highest BCUT2D eigenvalue weighted by atomic mass is 35.5. The van der Waals surface area contributed by atoms with Crippen molar-refractivity contribution in [1.82, 2.24) is 25.0 Å². The molecule has 0 amide bonds. The Bertz CT molecular complexity index is 1410. The third-order valence-corrected chi connectivity index (χ3v) is 5.01. The molecule has 10 heteroatoms. The van der Waals surface area contributed by atoms with E-state index in [0.29, 0.717) is 40.4 Å². The van der Waals surface area contributed by atoms with Crippen molar-refractivity contribution in [1.29, 1.82) is 0 Å². The number of aromatic nitrogens is 5. The molecule has 0 saturated carbocycles. The van der Waals surface area contributed by atoms with Crippen LogP contribution in [0, 0.1) is 5.82 Å². The van der Waals surface area contributed by atoms with Crippen LogP contribution in [0.4, 0.5) is 4.39 Å². The van der Waals surface area contributed by atoms with Crippen LogP contribution in [0.2, 0.25) is 5.02 Å². The van der Waals surface area contributed by atoms with Gasteiger partial charge in [-0.15, -0.1) is 5.10 Å². The highest BCUT2D eigenvalue weighted by Gasteiger charge is 2.09. The number of rotatable bonds is 8. The van der Waals surface area contributed by atoms with Gasteiger partial charge in [0.1, 0.15) is 42.1 Å². The fraction of sp³-hybridized carbons (Fsp3) is 0.0833. The van der Waals surface area contributed by atoms with Crippen molar-refractivity contribution in [3.8, 4) is 17.2 Å². The maximum absolute atomic E-state index is 13.9. The van der Waals surface area contributed by atoms with Gasteiger partial charge in [-0.2, -0.15) is 0 Å². The Morgan fingerprint density at radius 1 is 1.00 bits per heavy atom. The molecule has 3 heterocycles. The molecule has 5 rings (SSSR count). The third-order valence-electron chi connectivity index (χ3n) is 4.77. The first-order valence-corrected chi connectivity index (χ1v) is 10.6. The van der Waals surface area contributed by atoms with Gasteiger partial charge in [-0.1, -0.05) is 22.9 Å². The Balaban J connectivity index is 1.17. The lowest BCUT2D eigenvalue weighted by Crippen LogP contribution is -2.00. The Hall–Kier alpha value is -4.24. The van der Waals surface area contributed by atoms with E-state index in [2.05, 4.69) is 20.3 Å². The monoisotopic (exact) mass is 477 g/mol. The Morgan fingerprint density at radius 2 is 1.85 bits per heavy atom. The van der Waals surface area contributed by atoms with Gasteiger partial charge in [-0.3, -0.25) is 0 Å². The van der Waals surface area contributed by atoms with E-state index in [1.165, 1.54) is 12.3 Å².